The van der Waals surface area contributed by atoms with E-state index in [0.717, 1.165) is 50.3 Å². The minimum Gasteiger partial charge on any atom is -0.478 e. The van der Waals surface area contributed by atoms with Gasteiger partial charge in [0.25, 0.3) is 0 Å². The van der Waals surface area contributed by atoms with Crippen LogP contribution in [0.3, 0.4) is 0 Å². The fourth-order valence-electron chi connectivity index (χ4n) is 5.23. The van der Waals surface area contributed by atoms with Crippen LogP contribution in [0.4, 0.5) is 8.78 Å². The summed E-state index contributed by atoms with van der Waals surface area (Å²) in [4.78, 5) is 27.3. The molecule has 1 saturated carbocycles. The minimum atomic E-state index is -1.23. The van der Waals surface area contributed by atoms with E-state index in [1.54, 1.807) is 44.7 Å². The maximum atomic E-state index is 15.6. The Labute approximate surface area is 279 Å². The maximum absolute atomic E-state index is 15.6. The van der Waals surface area contributed by atoms with Crippen molar-refractivity contribution in [2.75, 3.05) is 6.67 Å². The standard InChI is InChI=1S/C34H45Cl2F2NO4.C2H6/c1-7-12-29(24-13-10-8-9-11-14-24)39(32(23(3)33(41)42)26-17-18-28(38)27(36)19-26)30(21-37)25(16-15-22(2)35)20-31(40)43-34(4,5)6;1-2/h12,15-19,22,24H,7-11,13-14,20-21H2,1-6H3,(H,41,42);1-2H3/b16-15-,29-12-,30-25-,32-23+;. The summed E-state index contributed by atoms with van der Waals surface area (Å²) >= 11 is 12.4. The topological polar surface area (TPSA) is 66.8 Å². The molecule has 1 aromatic rings. The van der Waals surface area contributed by atoms with Gasteiger partial charge in [0.1, 0.15) is 18.1 Å². The highest BCUT2D eigenvalue weighted by atomic mass is 35.5. The monoisotopic (exact) mass is 669 g/mol. The van der Waals surface area contributed by atoms with Gasteiger partial charge in [0, 0.05) is 16.6 Å². The predicted octanol–water partition coefficient (Wildman–Crippen LogP) is 11.0. The Hall–Kier alpha value is -2.64. The van der Waals surface area contributed by atoms with Crippen LogP contribution in [0.15, 0.2) is 59.0 Å². The van der Waals surface area contributed by atoms with Gasteiger partial charge >= 0.3 is 11.9 Å². The molecule has 1 atom stereocenters. The summed E-state index contributed by atoms with van der Waals surface area (Å²) in [6, 6.07) is 3.95. The van der Waals surface area contributed by atoms with E-state index in [1.807, 2.05) is 26.8 Å². The van der Waals surface area contributed by atoms with Crippen molar-refractivity contribution in [3.63, 3.8) is 0 Å². The van der Waals surface area contributed by atoms with Crippen LogP contribution in [0.1, 0.15) is 112 Å². The van der Waals surface area contributed by atoms with Crippen molar-refractivity contribution in [3.8, 4) is 0 Å². The van der Waals surface area contributed by atoms with Gasteiger partial charge in [0.15, 0.2) is 0 Å². The van der Waals surface area contributed by atoms with E-state index in [4.69, 9.17) is 27.9 Å². The SMILES string of the molecule is CC.CC/C=C(/C1CCCCCC1)N(/C(CF)=C(/C=C\C(C)Cl)CC(=O)OC(C)(C)C)/C(=C(\C)C(=O)O)c1ccc(F)c(Cl)c1. The summed E-state index contributed by atoms with van der Waals surface area (Å²) in [6.45, 7) is 13.3. The number of nitrogens with zero attached hydrogens (tertiary/aromatic N) is 1. The van der Waals surface area contributed by atoms with Gasteiger partial charge in [-0.1, -0.05) is 76.3 Å². The van der Waals surface area contributed by atoms with E-state index in [9.17, 15) is 19.1 Å². The molecule has 1 aliphatic rings. The Morgan fingerprint density at radius 2 is 1.76 bits per heavy atom. The second kappa shape index (κ2) is 19.8. The van der Waals surface area contributed by atoms with Crippen molar-refractivity contribution in [2.45, 2.75) is 118 Å². The molecule has 0 amide bonds. The Morgan fingerprint density at radius 1 is 1.16 bits per heavy atom. The largest absolute Gasteiger partial charge is 0.478 e. The summed E-state index contributed by atoms with van der Waals surface area (Å²) in [7, 11) is 0. The van der Waals surface area contributed by atoms with Crippen molar-refractivity contribution >= 4 is 40.8 Å². The molecule has 5 nitrogen and oxygen atoms in total. The number of allylic oxidation sites excluding steroid dienone is 5. The molecule has 1 fully saturated rings. The lowest BCUT2D eigenvalue weighted by atomic mass is 9.91. The molecule has 2 rings (SSSR count). The highest BCUT2D eigenvalue weighted by molar-refractivity contribution is 6.31. The molecule has 0 bridgehead atoms. The number of ether oxygens (including phenoxy) is 1. The van der Waals surface area contributed by atoms with Gasteiger partial charge in [-0.05, 0) is 83.6 Å². The summed E-state index contributed by atoms with van der Waals surface area (Å²) in [5.74, 6) is -2.46. The first-order valence-electron chi connectivity index (χ1n) is 15.9. The molecule has 0 radical (unpaired) electrons. The molecule has 0 aromatic heterocycles. The van der Waals surface area contributed by atoms with Crippen molar-refractivity contribution in [3.05, 3.63) is 75.4 Å². The second-order valence-electron chi connectivity index (χ2n) is 11.9. The zero-order chi connectivity index (χ0) is 34.3. The highest BCUT2D eigenvalue weighted by Gasteiger charge is 2.32. The normalized spacial score (nSPS) is 16.6. The first-order valence-corrected chi connectivity index (χ1v) is 16.7. The van der Waals surface area contributed by atoms with Gasteiger partial charge in [-0.2, -0.15) is 0 Å². The molecule has 0 saturated heterocycles. The number of carboxylic acids is 1. The van der Waals surface area contributed by atoms with Crippen LogP contribution in [0, 0.1) is 11.7 Å². The quantitative estimate of drug-likeness (QED) is 0.0788. The van der Waals surface area contributed by atoms with Crippen LogP contribution in [0.5, 0.6) is 0 Å². The van der Waals surface area contributed by atoms with Crippen molar-refractivity contribution in [2.24, 2.45) is 5.92 Å². The van der Waals surface area contributed by atoms with E-state index in [1.165, 1.54) is 19.1 Å². The third kappa shape index (κ3) is 12.9. The molecule has 0 heterocycles. The third-order valence-electron chi connectivity index (χ3n) is 7.12. The van der Waals surface area contributed by atoms with Crippen LogP contribution in [-0.4, -0.2) is 39.6 Å². The van der Waals surface area contributed by atoms with E-state index in [0.29, 0.717) is 17.6 Å². The van der Waals surface area contributed by atoms with Crippen LogP contribution in [0.2, 0.25) is 5.02 Å². The third-order valence-corrected chi connectivity index (χ3v) is 7.56. The smallest absolute Gasteiger partial charge is 0.333 e. The summed E-state index contributed by atoms with van der Waals surface area (Å²) in [5, 5.41) is 9.65. The Morgan fingerprint density at radius 3 is 2.22 bits per heavy atom. The van der Waals surface area contributed by atoms with Crippen LogP contribution in [0.25, 0.3) is 5.70 Å². The van der Waals surface area contributed by atoms with Gasteiger partial charge in [0.2, 0.25) is 0 Å². The molecule has 1 N–H and O–H groups in total. The number of carboxylic acid groups (broad SMARTS) is 1. The van der Waals surface area contributed by atoms with E-state index < -0.39 is 35.4 Å². The number of halogens is 4. The first-order chi connectivity index (χ1) is 21.2. The van der Waals surface area contributed by atoms with Gasteiger partial charge in [0.05, 0.1) is 28.4 Å². The Kier molecular flexibility index (Phi) is 17.8. The second-order valence-corrected chi connectivity index (χ2v) is 13.0. The predicted molar refractivity (Wildman–Crippen MR) is 182 cm³/mol. The van der Waals surface area contributed by atoms with E-state index in [-0.39, 0.29) is 34.3 Å². The molecule has 45 heavy (non-hydrogen) atoms. The lowest BCUT2D eigenvalue weighted by Gasteiger charge is -2.37. The molecular formula is C36H51Cl2F2NO4. The summed E-state index contributed by atoms with van der Waals surface area (Å²) in [5.41, 5.74) is 0.713. The van der Waals surface area contributed by atoms with E-state index >= 15 is 4.39 Å². The van der Waals surface area contributed by atoms with Gasteiger partial charge < -0.3 is 14.7 Å². The molecule has 252 valence electrons. The van der Waals surface area contributed by atoms with E-state index in [2.05, 4.69) is 0 Å². The zero-order valence-electron chi connectivity index (χ0n) is 28.1. The highest BCUT2D eigenvalue weighted by Crippen LogP contribution is 2.41. The molecule has 1 unspecified atom stereocenters. The molecule has 1 aromatic carbocycles. The van der Waals surface area contributed by atoms with Gasteiger partial charge in [-0.3, -0.25) is 4.79 Å². The number of hydrogen-bond acceptors (Lipinski definition) is 4. The summed E-state index contributed by atoms with van der Waals surface area (Å²) < 4.78 is 35.5. The number of carbonyl (C=O) groups is 2. The molecule has 0 spiro atoms. The Bertz CT molecular complexity index is 1250. The van der Waals surface area contributed by atoms with Crippen LogP contribution in [-0.2, 0) is 14.3 Å². The first kappa shape index (κ1) is 40.4. The average molecular weight is 671 g/mol. The average Bonchev–Trinajstić information content (AvgIpc) is 3.25. The van der Waals surface area contributed by atoms with Gasteiger partial charge in [-0.15, -0.1) is 11.6 Å². The molecule has 9 heteroatoms. The van der Waals surface area contributed by atoms with Crippen molar-refractivity contribution in [1.82, 2.24) is 4.90 Å². The number of rotatable bonds is 12. The number of benzene rings is 1. The fourth-order valence-corrected chi connectivity index (χ4v) is 5.48. The number of aliphatic carboxylic acids is 1. The minimum absolute atomic E-state index is 0.00442. The lowest BCUT2D eigenvalue weighted by molar-refractivity contribution is -0.153. The Balaban J connectivity index is 0.00000496. The lowest BCUT2D eigenvalue weighted by Crippen LogP contribution is -2.30. The summed E-state index contributed by atoms with van der Waals surface area (Å²) in [6.07, 6.45) is 11.3. The number of esters is 1. The maximum Gasteiger partial charge on any atom is 0.333 e. The number of hydrogen-bond donors (Lipinski definition) is 1. The number of carbonyl (C=O) groups excluding carboxylic acids is 1. The van der Waals surface area contributed by atoms with Gasteiger partial charge in [-0.25, -0.2) is 13.6 Å². The van der Waals surface area contributed by atoms with Crippen molar-refractivity contribution < 1.29 is 28.2 Å². The van der Waals surface area contributed by atoms with Crippen LogP contribution >= 0.6 is 23.2 Å². The number of alkyl halides is 2. The van der Waals surface area contributed by atoms with Crippen LogP contribution < -0.4 is 0 Å². The molecule has 0 aliphatic heterocycles. The fraction of sp³-hybridized carbons (Fsp3) is 0.556. The van der Waals surface area contributed by atoms with Crippen molar-refractivity contribution in [1.29, 1.82) is 0 Å². The molecule has 1 aliphatic carbocycles. The zero-order valence-corrected chi connectivity index (χ0v) is 29.6. The molecular weight excluding hydrogens is 619 g/mol.